The van der Waals surface area contributed by atoms with Gasteiger partial charge in [-0.05, 0) is 18.2 Å². The molecule has 0 bridgehead atoms. The molecule has 0 aliphatic carbocycles. The number of hydrogen-bond acceptors (Lipinski definition) is 5. The molecule has 0 aliphatic rings. The summed E-state index contributed by atoms with van der Waals surface area (Å²) in [5.41, 5.74) is 0.427. The number of rotatable bonds is 5. The number of fused-ring (bicyclic) bond motifs is 1. The van der Waals surface area contributed by atoms with Gasteiger partial charge in [-0.25, -0.2) is 9.18 Å². The number of nitrogens with zero attached hydrogens (tertiary/aromatic N) is 2. The van der Waals surface area contributed by atoms with Crippen molar-refractivity contribution in [3.05, 3.63) is 68.9 Å². The van der Waals surface area contributed by atoms with Crippen molar-refractivity contribution in [2.24, 2.45) is 0 Å². The van der Waals surface area contributed by atoms with Crippen LogP contribution in [0.3, 0.4) is 0 Å². The summed E-state index contributed by atoms with van der Waals surface area (Å²) in [5.74, 6) is -0.732. The molecule has 3 rings (SSSR count). The summed E-state index contributed by atoms with van der Waals surface area (Å²) in [6, 6.07) is 9.51. The van der Waals surface area contributed by atoms with Gasteiger partial charge in [0.05, 0.1) is 17.0 Å². The minimum atomic E-state index is -0.636. The van der Waals surface area contributed by atoms with Gasteiger partial charge in [-0.1, -0.05) is 6.07 Å². The van der Waals surface area contributed by atoms with Gasteiger partial charge in [0.2, 0.25) is 0 Å². The SMILES string of the molecule is O=c1oc2ccc([N+](=O)[O-])cc2n1CCOc1cccc(F)c1. The average molecular weight is 318 g/mol. The van der Waals surface area contributed by atoms with Crippen molar-refractivity contribution in [1.29, 1.82) is 0 Å². The van der Waals surface area contributed by atoms with Gasteiger partial charge in [0.1, 0.15) is 18.2 Å². The zero-order valence-corrected chi connectivity index (χ0v) is 11.8. The van der Waals surface area contributed by atoms with Gasteiger partial charge in [0.25, 0.3) is 5.69 Å². The summed E-state index contributed by atoms with van der Waals surface area (Å²) in [7, 11) is 0. The Morgan fingerprint density at radius 3 is 2.83 bits per heavy atom. The second-order valence-electron chi connectivity index (χ2n) is 4.73. The fourth-order valence-corrected chi connectivity index (χ4v) is 2.19. The maximum Gasteiger partial charge on any atom is 0.420 e. The lowest BCUT2D eigenvalue weighted by Gasteiger charge is -2.06. The molecule has 0 radical (unpaired) electrons. The molecule has 23 heavy (non-hydrogen) atoms. The van der Waals surface area contributed by atoms with E-state index in [0.717, 1.165) is 0 Å². The van der Waals surface area contributed by atoms with Crippen LogP contribution in [0.25, 0.3) is 11.1 Å². The van der Waals surface area contributed by atoms with E-state index in [4.69, 9.17) is 9.15 Å². The molecular formula is C15H11FN2O5. The lowest BCUT2D eigenvalue weighted by molar-refractivity contribution is -0.384. The van der Waals surface area contributed by atoms with Gasteiger partial charge in [0.15, 0.2) is 5.58 Å². The molecule has 0 unspecified atom stereocenters. The van der Waals surface area contributed by atoms with Crippen molar-refractivity contribution in [2.45, 2.75) is 6.54 Å². The summed E-state index contributed by atoms with van der Waals surface area (Å²) >= 11 is 0. The van der Waals surface area contributed by atoms with Crippen LogP contribution in [0.4, 0.5) is 10.1 Å². The maximum absolute atomic E-state index is 13.0. The summed E-state index contributed by atoms with van der Waals surface area (Å²) in [4.78, 5) is 22.1. The highest BCUT2D eigenvalue weighted by Crippen LogP contribution is 2.20. The van der Waals surface area contributed by atoms with E-state index in [1.165, 1.54) is 41.0 Å². The molecule has 8 heteroatoms. The van der Waals surface area contributed by atoms with E-state index in [-0.39, 0.29) is 24.4 Å². The van der Waals surface area contributed by atoms with Crippen LogP contribution in [0.15, 0.2) is 51.7 Å². The molecule has 2 aromatic carbocycles. The highest BCUT2D eigenvalue weighted by molar-refractivity contribution is 5.75. The van der Waals surface area contributed by atoms with E-state index in [1.807, 2.05) is 0 Å². The number of aromatic nitrogens is 1. The molecule has 0 N–H and O–H groups in total. The normalized spacial score (nSPS) is 10.8. The first-order chi connectivity index (χ1) is 11.0. The number of hydrogen-bond donors (Lipinski definition) is 0. The van der Waals surface area contributed by atoms with Gasteiger partial charge in [0, 0.05) is 18.2 Å². The van der Waals surface area contributed by atoms with Crippen molar-refractivity contribution in [2.75, 3.05) is 6.61 Å². The quantitative estimate of drug-likeness (QED) is 0.533. The van der Waals surface area contributed by atoms with Gasteiger partial charge >= 0.3 is 5.76 Å². The Balaban J connectivity index is 1.82. The van der Waals surface area contributed by atoms with Crippen molar-refractivity contribution < 1.29 is 18.5 Å². The van der Waals surface area contributed by atoms with Crippen LogP contribution in [-0.2, 0) is 6.54 Å². The second kappa shape index (κ2) is 5.91. The van der Waals surface area contributed by atoms with Crippen LogP contribution in [0.1, 0.15) is 0 Å². The third kappa shape index (κ3) is 3.05. The number of nitro groups is 1. The number of non-ortho nitro benzene ring substituents is 1. The average Bonchev–Trinajstić information content (AvgIpc) is 2.82. The fraction of sp³-hybridized carbons (Fsp3) is 0.133. The molecule has 1 aromatic heterocycles. The van der Waals surface area contributed by atoms with E-state index < -0.39 is 16.5 Å². The number of nitro benzene ring substituents is 1. The smallest absolute Gasteiger partial charge is 0.420 e. The Morgan fingerprint density at radius 2 is 2.09 bits per heavy atom. The molecule has 1 heterocycles. The monoisotopic (exact) mass is 318 g/mol. The van der Waals surface area contributed by atoms with E-state index in [2.05, 4.69) is 0 Å². The second-order valence-corrected chi connectivity index (χ2v) is 4.73. The van der Waals surface area contributed by atoms with E-state index >= 15 is 0 Å². The largest absolute Gasteiger partial charge is 0.492 e. The fourth-order valence-electron chi connectivity index (χ4n) is 2.19. The van der Waals surface area contributed by atoms with Gasteiger partial charge in [-0.15, -0.1) is 0 Å². The topological polar surface area (TPSA) is 87.5 Å². The molecule has 0 saturated carbocycles. The molecule has 0 atom stereocenters. The number of benzene rings is 2. The van der Waals surface area contributed by atoms with E-state index in [9.17, 15) is 19.3 Å². The molecule has 0 amide bonds. The van der Waals surface area contributed by atoms with Crippen molar-refractivity contribution >= 4 is 16.8 Å². The van der Waals surface area contributed by atoms with E-state index in [1.54, 1.807) is 6.07 Å². The molecule has 0 fully saturated rings. The standard InChI is InChI=1S/C15H11FN2O5/c16-10-2-1-3-12(8-10)22-7-6-17-13-9-11(18(20)21)4-5-14(13)23-15(17)19/h1-5,8-9H,6-7H2. The van der Waals surface area contributed by atoms with Crippen LogP contribution in [-0.4, -0.2) is 16.1 Å². The Kier molecular flexibility index (Phi) is 3.80. The third-order valence-corrected chi connectivity index (χ3v) is 3.24. The molecule has 0 saturated heterocycles. The minimum Gasteiger partial charge on any atom is -0.492 e. The lowest BCUT2D eigenvalue weighted by atomic mass is 10.3. The van der Waals surface area contributed by atoms with Gasteiger partial charge in [-0.2, -0.15) is 0 Å². The van der Waals surface area contributed by atoms with Crippen molar-refractivity contribution in [1.82, 2.24) is 4.57 Å². The molecule has 118 valence electrons. The summed E-state index contributed by atoms with van der Waals surface area (Å²) in [6.07, 6.45) is 0. The van der Waals surface area contributed by atoms with E-state index in [0.29, 0.717) is 11.3 Å². The zero-order chi connectivity index (χ0) is 16.4. The van der Waals surface area contributed by atoms with Crippen molar-refractivity contribution in [3.8, 4) is 5.75 Å². The Labute approximate surface area is 128 Å². The molecule has 3 aromatic rings. The van der Waals surface area contributed by atoms with Crippen LogP contribution >= 0.6 is 0 Å². The molecule has 0 aliphatic heterocycles. The third-order valence-electron chi connectivity index (χ3n) is 3.24. The lowest BCUT2D eigenvalue weighted by Crippen LogP contribution is -2.18. The molecule has 0 spiro atoms. The van der Waals surface area contributed by atoms with Crippen LogP contribution in [0, 0.1) is 15.9 Å². The maximum atomic E-state index is 13.0. The predicted molar refractivity (Wildman–Crippen MR) is 79.0 cm³/mol. The Morgan fingerprint density at radius 1 is 1.26 bits per heavy atom. The first-order valence-corrected chi connectivity index (χ1v) is 6.71. The summed E-state index contributed by atoms with van der Waals surface area (Å²) in [6.45, 7) is 0.199. The first kappa shape index (κ1) is 14.8. The van der Waals surface area contributed by atoms with Crippen LogP contribution in [0.2, 0.25) is 0 Å². The van der Waals surface area contributed by atoms with Gasteiger partial charge in [-0.3, -0.25) is 14.7 Å². The highest BCUT2D eigenvalue weighted by Gasteiger charge is 2.14. The number of halogens is 1. The number of oxazole rings is 1. The number of ether oxygens (including phenoxy) is 1. The predicted octanol–water partition coefficient (Wildman–Crippen LogP) is 2.72. The Bertz CT molecular complexity index is 931. The minimum absolute atomic E-state index is 0.0840. The summed E-state index contributed by atoms with van der Waals surface area (Å²) in [5, 5.41) is 10.8. The molecule has 7 nitrogen and oxygen atoms in total. The van der Waals surface area contributed by atoms with Crippen molar-refractivity contribution in [3.63, 3.8) is 0 Å². The zero-order valence-electron chi connectivity index (χ0n) is 11.8. The Hall–Kier alpha value is -3.16. The summed E-state index contributed by atoms with van der Waals surface area (Å²) < 4.78 is 24.7. The highest BCUT2D eigenvalue weighted by atomic mass is 19.1. The van der Waals surface area contributed by atoms with Gasteiger partial charge < -0.3 is 9.15 Å². The molecular weight excluding hydrogens is 307 g/mol. The first-order valence-electron chi connectivity index (χ1n) is 6.71. The van der Waals surface area contributed by atoms with Crippen LogP contribution in [0.5, 0.6) is 5.75 Å². The van der Waals surface area contributed by atoms with Crippen LogP contribution < -0.4 is 10.5 Å².